The second-order valence-electron chi connectivity index (χ2n) is 3.89. The third-order valence-corrected chi connectivity index (χ3v) is 3.30. The molecule has 3 N–H and O–H groups in total. The van der Waals surface area contributed by atoms with Gasteiger partial charge in [0.2, 0.25) is 0 Å². The lowest BCUT2D eigenvalue weighted by molar-refractivity contribution is 0.661. The average Bonchev–Trinajstić information content (AvgIpc) is 2.28. The van der Waals surface area contributed by atoms with Crippen molar-refractivity contribution in [2.45, 2.75) is 32.6 Å². The summed E-state index contributed by atoms with van der Waals surface area (Å²) >= 11 is 3.44. The molecular formula is C12H20BrN3. The van der Waals surface area contributed by atoms with E-state index in [9.17, 15) is 0 Å². The number of nitrogens with zero attached hydrogens (tertiary/aromatic N) is 1. The van der Waals surface area contributed by atoms with E-state index in [0.29, 0.717) is 0 Å². The largest absolute Gasteiger partial charge is 0.370 e. The molecule has 0 unspecified atom stereocenters. The molecule has 1 rings (SSSR count). The van der Waals surface area contributed by atoms with Crippen molar-refractivity contribution in [3.05, 3.63) is 22.3 Å². The number of anilines is 1. The van der Waals surface area contributed by atoms with Gasteiger partial charge in [-0.05, 0) is 54.4 Å². The fourth-order valence-electron chi connectivity index (χ4n) is 1.48. The number of aryl methyl sites for hydroxylation is 1. The van der Waals surface area contributed by atoms with E-state index in [1.54, 1.807) is 0 Å². The lowest BCUT2D eigenvalue weighted by Gasteiger charge is -2.06. The Morgan fingerprint density at radius 3 is 2.69 bits per heavy atom. The third-order valence-electron chi connectivity index (χ3n) is 2.46. The van der Waals surface area contributed by atoms with Crippen LogP contribution >= 0.6 is 15.9 Å². The number of hydrogen-bond acceptors (Lipinski definition) is 3. The SMILES string of the molecule is Cc1nc(NCCCCCCN)ccc1Br. The highest BCUT2D eigenvalue weighted by Crippen LogP contribution is 2.16. The van der Waals surface area contributed by atoms with Crippen molar-refractivity contribution in [1.82, 2.24) is 4.98 Å². The van der Waals surface area contributed by atoms with Gasteiger partial charge >= 0.3 is 0 Å². The number of nitrogens with two attached hydrogens (primary N) is 1. The van der Waals surface area contributed by atoms with Crippen LogP contribution in [-0.2, 0) is 0 Å². The molecule has 0 saturated carbocycles. The zero-order chi connectivity index (χ0) is 11.8. The standard InChI is InChI=1S/C12H20BrN3/c1-10-11(13)6-7-12(16-10)15-9-5-3-2-4-8-14/h6-7H,2-5,8-9,14H2,1H3,(H,15,16). The van der Waals surface area contributed by atoms with Gasteiger partial charge in [-0.2, -0.15) is 0 Å². The number of pyridine rings is 1. The lowest BCUT2D eigenvalue weighted by atomic mass is 10.2. The summed E-state index contributed by atoms with van der Waals surface area (Å²) in [4.78, 5) is 4.43. The predicted octanol–water partition coefficient (Wildman–Crippen LogP) is 3.08. The number of hydrogen-bond donors (Lipinski definition) is 2. The summed E-state index contributed by atoms with van der Waals surface area (Å²) in [6.07, 6.45) is 4.77. The molecule has 3 nitrogen and oxygen atoms in total. The van der Waals surface area contributed by atoms with Crippen LogP contribution in [0.15, 0.2) is 16.6 Å². The molecule has 0 aliphatic rings. The maximum atomic E-state index is 5.44. The first kappa shape index (κ1) is 13.5. The molecule has 0 spiro atoms. The topological polar surface area (TPSA) is 50.9 Å². The van der Waals surface area contributed by atoms with Crippen LogP contribution in [0.5, 0.6) is 0 Å². The summed E-state index contributed by atoms with van der Waals surface area (Å²) in [5.41, 5.74) is 6.46. The molecule has 0 radical (unpaired) electrons. The molecular weight excluding hydrogens is 266 g/mol. The van der Waals surface area contributed by atoms with Crippen molar-refractivity contribution in [1.29, 1.82) is 0 Å². The molecule has 90 valence electrons. The van der Waals surface area contributed by atoms with Crippen LogP contribution in [0.3, 0.4) is 0 Å². The normalized spacial score (nSPS) is 10.4. The number of rotatable bonds is 7. The Bertz CT molecular complexity index is 315. The summed E-state index contributed by atoms with van der Waals surface area (Å²) in [6.45, 7) is 3.79. The molecule has 1 aromatic heterocycles. The van der Waals surface area contributed by atoms with Gasteiger partial charge < -0.3 is 11.1 Å². The summed E-state index contributed by atoms with van der Waals surface area (Å²) in [5, 5.41) is 3.33. The summed E-state index contributed by atoms with van der Waals surface area (Å²) in [7, 11) is 0. The molecule has 1 aromatic rings. The van der Waals surface area contributed by atoms with Gasteiger partial charge in [-0.3, -0.25) is 0 Å². The second-order valence-corrected chi connectivity index (χ2v) is 4.75. The van der Waals surface area contributed by atoms with Gasteiger partial charge in [0.25, 0.3) is 0 Å². The van der Waals surface area contributed by atoms with Crippen LogP contribution in [0.1, 0.15) is 31.4 Å². The molecule has 0 aliphatic heterocycles. The van der Waals surface area contributed by atoms with E-state index in [1.165, 1.54) is 19.3 Å². The van der Waals surface area contributed by atoms with Crippen molar-refractivity contribution in [2.24, 2.45) is 5.73 Å². The minimum absolute atomic E-state index is 0.806. The Hall–Kier alpha value is -0.610. The van der Waals surface area contributed by atoms with Crippen LogP contribution in [0.25, 0.3) is 0 Å². The quantitative estimate of drug-likeness (QED) is 0.757. The first-order valence-corrected chi connectivity index (χ1v) is 6.60. The third kappa shape index (κ3) is 4.94. The molecule has 4 heteroatoms. The van der Waals surface area contributed by atoms with Crippen LogP contribution in [-0.4, -0.2) is 18.1 Å². The molecule has 0 atom stereocenters. The van der Waals surface area contributed by atoms with Gasteiger partial charge in [-0.25, -0.2) is 4.98 Å². The molecule has 1 heterocycles. The minimum atomic E-state index is 0.806. The van der Waals surface area contributed by atoms with Crippen LogP contribution in [0.4, 0.5) is 5.82 Å². The van der Waals surface area contributed by atoms with Crippen LogP contribution in [0, 0.1) is 6.92 Å². The Labute approximate surface area is 106 Å². The second kappa shape index (κ2) is 7.63. The fraction of sp³-hybridized carbons (Fsp3) is 0.583. The van der Waals surface area contributed by atoms with Crippen molar-refractivity contribution < 1.29 is 0 Å². The van der Waals surface area contributed by atoms with Gasteiger partial charge in [-0.15, -0.1) is 0 Å². The van der Waals surface area contributed by atoms with Crippen molar-refractivity contribution in [2.75, 3.05) is 18.4 Å². The predicted molar refractivity (Wildman–Crippen MR) is 72.7 cm³/mol. The van der Waals surface area contributed by atoms with E-state index in [1.807, 2.05) is 19.1 Å². The van der Waals surface area contributed by atoms with Crippen LogP contribution in [0.2, 0.25) is 0 Å². The van der Waals surface area contributed by atoms with E-state index in [0.717, 1.165) is 35.5 Å². The van der Waals surface area contributed by atoms with E-state index in [-0.39, 0.29) is 0 Å². The highest BCUT2D eigenvalue weighted by atomic mass is 79.9. The Morgan fingerprint density at radius 1 is 1.25 bits per heavy atom. The molecule has 0 aliphatic carbocycles. The van der Waals surface area contributed by atoms with Gasteiger partial charge in [0.1, 0.15) is 5.82 Å². The average molecular weight is 286 g/mol. The molecule has 0 amide bonds. The summed E-state index contributed by atoms with van der Waals surface area (Å²) < 4.78 is 1.06. The molecule has 0 fully saturated rings. The van der Waals surface area contributed by atoms with E-state index in [2.05, 4.69) is 26.2 Å². The maximum absolute atomic E-state index is 5.44. The van der Waals surface area contributed by atoms with Crippen molar-refractivity contribution in [3.8, 4) is 0 Å². The van der Waals surface area contributed by atoms with Crippen molar-refractivity contribution in [3.63, 3.8) is 0 Å². The highest BCUT2D eigenvalue weighted by Gasteiger charge is 1.98. The Balaban J connectivity index is 2.19. The van der Waals surface area contributed by atoms with Gasteiger partial charge in [0.15, 0.2) is 0 Å². The lowest BCUT2D eigenvalue weighted by Crippen LogP contribution is -2.04. The molecule has 0 aromatic carbocycles. The molecule has 0 bridgehead atoms. The van der Waals surface area contributed by atoms with E-state index >= 15 is 0 Å². The van der Waals surface area contributed by atoms with Crippen LogP contribution < -0.4 is 11.1 Å². The van der Waals surface area contributed by atoms with E-state index in [4.69, 9.17) is 5.73 Å². The zero-order valence-corrected chi connectivity index (χ0v) is 11.4. The maximum Gasteiger partial charge on any atom is 0.126 e. The monoisotopic (exact) mass is 285 g/mol. The number of nitrogens with one attached hydrogen (secondary N) is 1. The summed E-state index contributed by atoms with van der Waals surface area (Å²) in [6, 6.07) is 4.02. The van der Waals surface area contributed by atoms with Gasteiger partial charge in [0.05, 0.1) is 5.69 Å². The first-order valence-electron chi connectivity index (χ1n) is 5.81. The Kier molecular flexibility index (Phi) is 6.42. The Morgan fingerprint density at radius 2 is 2.00 bits per heavy atom. The highest BCUT2D eigenvalue weighted by molar-refractivity contribution is 9.10. The molecule has 16 heavy (non-hydrogen) atoms. The fourth-order valence-corrected chi connectivity index (χ4v) is 1.70. The molecule has 0 saturated heterocycles. The first-order chi connectivity index (χ1) is 7.74. The van der Waals surface area contributed by atoms with Gasteiger partial charge in [-0.1, -0.05) is 12.8 Å². The zero-order valence-electron chi connectivity index (χ0n) is 9.80. The number of halogens is 1. The summed E-state index contributed by atoms with van der Waals surface area (Å²) in [5.74, 6) is 0.958. The minimum Gasteiger partial charge on any atom is -0.370 e. The number of unbranched alkanes of at least 4 members (excludes halogenated alkanes) is 3. The van der Waals surface area contributed by atoms with Gasteiger partial charge in [0, 0.05) is 11.0 Å². The van der Waals surface area contributed by atoms with E-state index < -0.39 is 0 Å². The number of aromatic nitrogens is 1. The van der Waals surface area contributed by atoms with Crippen molar-refractivity contribution >= 4 is 21.7 Å². The smallest absolute Gasteiger partial charge is 0.126 e.